The van der Waals surface area contributed by atoms with Gasteiger partial charge in [0.1, 0.15) is 6.04 Å². The lowest BCUT2D eigenvalue weighted by Crippen LogP contribution is -2.46. The van der Waals surface area contributed by atoms with Gasteiger partial charge in [-0.05, 0) is 25.2 Å². The second-order valence-corrected chi connectivity index (χ2v) is 4.68. The zero-order valence-electron chi connectivity index (χ0n) is 10.9. The van der Waals surface area contributed by atoms with E-state index in [0.29, 0.717) is 19.6 Å². The maximum absolute atomic E-state index is 11.4. The molecule has 1 atom stereocenters. The lowest BCUT2D eigenvalue weighted by molar-refractivity contribution is -0.139. The third-order valence-corrected chi connectivity index (χ3v) is 2.82. The van der Waals surface area contributed by atoms with Gasteiger partial charge in [-0.15, -0.1) is 0 Å². The van der Waals surface area contributed by atoms with Gasteiger partial charge in [-0.3, -0.25) is 0 Å². The molecule has 2 amide bonds. The molecular formula is C12H22N2O5. The van der Waals surface area contributed by atoms with Crippen LogP contribution in [0.2, 0.25) is 0 Å². The summed E-state index contributed by atoms with van der Waals surface area (Å²) < 4.78 is 5.40. The van der Waals surface area contributed by atoms with E-state index >= 15 is 0 Å². The Hall–Kier alpha value is -1.34. The van der Waals surface area contributed by atoms with E-state index in [0.717, 1.165) is 12.5 Å². The Balaban J connectivity index is 2.00. The molecule has 0 aliphatic heterocycles. The normalized spacial score (nSPS) is 15.8. The number of hydrogen-bond donors (Lipinski definition) is 4. The Morgan fingerprint density at radius 1 is 1.37 bits per heavy atom. The maximum Gasteiger partial charge on any atom is 0.326 e. The zero-order chi connectivity index (χ0) is 14.1. The van der Waals surface area contributed by atoms with Gasteiger partial charge in [0.2, 0.25) is 0 Å². The molecule has 0 saturated heterocycles. The number of carboxylic acid groups (broad SMARTS) is 1. The Labute approximate surface area is 112 Å². The second-order valence-electron chi connectivity index (χ2n) is 4.68. The molecule has 0 spiro atoms. The van der Waals surface area contributed by atoms with E-state index in [1.165, 1.54) is 12.8 Å². The van der Waals surface area contributed by atoms with Crippen molar-refractivity contribution < 1.29 is 24.5 Å². The molecule has 1 saturated carbocycles. The van der Waals surface area contributed by atoms with Gasteiger partial charge in [0.05, 0.1) is 0 Å². The van der Waals surface area contributed by atoms with Crippen LogP contribution in [0.1, 0.15) is 25.7 Å². The van der Waals surface area contributed by atoms with Crippen molar-refractivity contribution in [2.75, 3.05) is 26.4 Å². The molecule has 0 aromatic rings. The molecule has 1 fully saturated rings. The smallest absolute Gasteiger partial charge is 0.326 e. The minimum Gasteiger partial charge on any atom is -0.480 e. The molecule has 4 N–H and O–H groups in total. The molecule has 19 heavy (non-hydrogen) atoms. The Morgan fingerprint density at radius 2 is 2.11 bits per heavy atom. The average molecular weight is 274 g/mol. The fourth-order valence-corrected chi connectivity index (χ4v) is 1.51. The van der Waals surface area contributed by atoms with Crippen molar-refractivity contribution in [3.63, 3.8) is 0 Å². The van der Waals surface area contributed by atoms with Gasteiger partial charge in [-0.1, -0.05) is 0 Å². The Morgan fingerprint density at radius 3 is 2.68 bits per heavy atom. The molecule has 1 aliphatic rings. The molecule has 0 unspecified atom stereocenters. The van der Waals surface area contributed by atoms with Crippen LogP contribution >= 0.6 is 0 Å². The number of carbonyl (C=O) groups is 2. The summed E-state index contributed by atoms with van der Waals surface area (Å²) >= 11 is 0. The highest BCUT2D eigenvalue weighted by molar-refractivity contribution is 5.82. The Bertz CT molecular complexity index is 294. The second kappa shape index (κ2) is 8.71. The molecule has 1 rings (SSSR count). The van der Waals surface area contributed by atoms with E-state index in [4.69, 9.17) is 14.9 Å². The molecule has 0 aromatic carbocycles. The molecule has 0 bridgehead atoms. The monoisotopic (exact) mass is 274 g/mol. The molecule has 0 radical (unpaired) electrons. The highest BCUT2D eigenvalue weighted by Crippen LogP contribution is 2.28. The number of ether oxygens (including phenoxy) is 1. The number of urea groups is 1. The quantitative estimate of drug-likeness (QED) is 0.417. The summed E-state index contributed by atoms with van der Waals surface area (Å²) in [5, 5.41) is 22.3. The van der Waals surface area contributed by atoms with Gasteiger partial charge in [0.15, 0.2) is 0 Å². The van der Waals surface area contributed by atoms with Crippen LogP contribution in [0.25, 0.3) is 0 Å². The van der Waals surface area contributed by atoms with Crippen LogP contribution < -0.4 is 10.6 Å². The molecule has 7 heteroatoms. The van der Waals surface area contributed by atoms with Crippen molar-refractivity contribution in [1.29, 1.82) is 0 Å². The largest absolute Gasteiger partial charge is 0.480 e. The molecule has 1 aliphatic carbocycles. The fraction of sp³-hybridized carbons (Fsp3) is 0.833. The Kier molecular flexibility index (Phi) is 7.20. The van der Waals surface area contributed by atoms with Crippen LogP contribution in [-0.2, 0) is 9.53 Å². The number of hydrogen-bond acceptors (Lipinski definition) is 4. The van der Waals surface area contributed by atoms with Gasteiger partial charge < -0.3 is 25.6 Å². The highest BCUT2D eigenvalue weighted by atomic mass is 16.5. The molecule has 7 nitrogen and oxygen atoms in total. The van der Waals surface area contributed by atoms with E-state index < -0.39 is 18.0 Å². The first kappa shape index (κ1) is 15.7. The first-order valence-corrected chi connectivity index (χ1v) is 6.59. The third-order valence-electron chi connectivity index (χ3n) is 2.82. The zero-order valence-corrected chi connectivity index (χ0v) is 10.9. The lowest BCUT2D eigenvalue weighted by Gasteiger charge is -2.13. The SMILES string of the molecule is O=C(NCCCOCC1CC1)N[C@H](CCO)C(=O)O. The van der Waals surface area contributed by atoms with Crippen molar-refractivity contribution >= 4 is 12.0 Å². The summed E-state index contributed by atoms with van der Waals surface area (Å²) in [7, 11) is 0. The van der Waals surface area contributed by atoms with Crippen LogP contribution in [0.4, 0.5) is 4.79 Å². The van der Waals surface area contributed by atoms with Crippen molar-refractivity contribution in [3.05, 3.63) is 0 Å². The lowest BCUT2D eigenvalue weighted by atomic mass is 10.2. The predicted octanol–water partition coefficient (Wildman–Crippen LogP) is -0.0621. The number of aliphatic carboxylic acids is 1. The van der Waals surface area contributed by atoms with E-state index in [-0.39, 0.29) is 13.0 Å². The topological polar surface area (TPSA) is 108 Å². The number of aliphatic hydroxyl groups is 1. The van der Waals surface area contributed by atoms with Gasteiger partial charge in [-0.25, -0.2) is 9.59 Å². The minimum absolute atomic E-state index is 0.00669. The number of nitrogens with one attached hydrogen (secondary N) is 2. The molecule has 0 heterocycles. The maximum atomic E-state index is 11.4. The standard InChI is InChI=1S/C12H22N2O5/c15-6-4-10(11(16)17)14-12(18)13-5-1-7-19-8-9-2-3-9/h9-10,15H,1-8H2,(H,16,17)(H2,13,14,18)/t10-/m1/s1. The van der Waals surface area contributed by atoms with Crippen LogP contribution in [0.5, 0.6) is 0 Å². The van der Waals surface area contributed by atoms with Crippen LogP contribution in [0.3, 0.4) is 0 Å². The van der Waals surface area contributed by atoms with Gasteiger partial charge in [-0.2, -0.15) is 0 Å². The summed E-state index contributed by atoms with van der Waals surface area (Å²) in [6, 6.07) is -1.60. The van der Waals surface area contributed by atoms with E-state index in [2.05, 4.69) is 10.6 Å². The average Bonchev–Trinajstić information content (AvgIpc) is 3.17. The van der Waals surface area contributed by atoms with Crippen molar-refractivity contribution in [3.8, 4) is 0 Å². The van der Waals surface area contributed by atoms with Crippen LogP contribution in [0, 0.1) is 5.92 Å². The van der Waals surface area contributed by atoms with Crippen LogP contribution in [-0.4, -0.2) is 54.6 Å². The fourth-order valence-electron chi connectivity index (χ4n) is 1.51. The van der Waals surface area contributed by atoms with Gasteiger partial charge in [0, 0.05) is 32.8 Å². The van der Waals surface area contributed by atoms with Crippen molar-refractivity contribution in [2.45, 2.75) is 31.7 Å². The van der Waals surface area contributed by atoms with E-state index in [9.17, 15) is 9.59 Å². The molecular weight excluding hydrogens is 252 g/mol. The molecule has 110 valence electrons. The number of rotatable bonds is 10. The van der Waals surface area contributed by atoms with Crippen LogP contribution in [0.15, 0.2) is 0 Å². The minimum atomic E-state index is -1.16. The summed E-state index contributed by atoms with van der Waals surface area (Å²) in [4.78, 5) is 22.1. The van der Waals surface area contributed by atoms with Crippen molar-refractivity contribution in [2.24, 2.45) is 5.92 Å². The number of amides is 2. The highest BCUT2D eigenvalue weighted by Gasteiger charge is 2.21. The number of aliphatic hydroxyl groups excluding tert-OH is 1. The summed E-state index contributed by atoms with van der Waals surface area (Å²) in [6.07, 6.45) is 3.19. The van der Waals surface area contributed by atoms with Gasteiger partial charge >= 0.3 is 12.0 Å². The predicted molar refractivity (Wildman–Crippen MR) is 67.8 cm³/mol. The molecule has 0 aromatic heterocycles. The summed E-state index contributed by atoms with van der Waals surface area (Å²) in [5.41, 5.74) is 0. The van der Waals surface area contributed by atoms with E-state index in [1.807, 2.05) is 0 Å². The van der Waals surface area contributed by atoms with E-state index in [1.54, 1.807) is 0 Å². The summed E-state index contributed by atoms with van der Waals surface area (Å²) in [5.74, 6) is -0.428. The number of carboxylic acids is 1. The first-order valence-electron chi connectivity index (χ1n) is 6.59. The first-order chi connectivity index (χ1) is 9.13. The summed E-state index contributed by atoms with van der Waals surface area (Å²) in [6.45, 7) is 1.54. The van der Waals surface area contributed by atoms with Crippen molar-refractivity contribution in [1.82, 2.24) is 10.6 Å². The van der Waals surface area contributed by atoms with Gasteiger partial charge in [0.25, 0.3) is 0 Å². The number of carbonyl (C=O) groups excluding carboxylic acids is 1. The third kappa shape index (κ3) is 7.63.